The quantitative estimate of drug-likeness (QED) is 0.0222. The van der Waals surface area contributed by atoms with Crippen molar-refractivity contribution in [2.75, 3.05) is 39.6 Å². The zero-order valence-corrected chi connectivity index (χ0v) is 74.2. The van der Waals surface area contributed by atoms with Gasteiger partial charge in [0.2, 0.25) is 0 Å². The van der Waals surface area contributed by atoms with Crippen LogP contribution < -0.4 is 0 Å². The summed E-state index contributed by atoms with van der Waals surface area (Å²) in [5.41, 5.74) is 0. The largest absolute Gasteiger partial charge is 0.472 e. The Morgan fingerprint density at radius 2 is 0.418 bits per heavy atom. The summed E-state index contributed by atoms with van der Waals surface area (Å²) in [6.45, 7) is 7.44. The van der Waals surface area contributed by atoms with Crippen LogP contribution in [0.1, 0.15) is 497 Å². The first-order chi connectivity index (χ1) is 53.5. The number of ether oxygens (including phenoxy) is 4. The molecule has 0 aliphatic heterocycles. The van der Waals surface area contributed by atoms with E-state index < -0.39 is 97.5 Å². The molecule has 0 aromatic heterocycles. The van der Waals surface area contributed by atoms with Crippen LogP contribution >= 0.6 is 15.6 Å². The molecular weight excluding hydrogens is 1430 g/mol. The molecule has 0 rings (SSSR count). The summed E-state index contributed by atoms with van der Waals surface area (Å²) in [7, 11) is -9.94. The monoisotopic (exact) mass is 1610 g/mol. The molecule has 0 spiro atoms. The molecule has 0 bridgehead atoms. The number of phosphoric ester groups is 2. The molecule has 0 saturated heterocycles. The van der Waals surface area contributed by atoms with Gasteiger partial charge in [0.15, 0.2) is 12.2 Å². The molecule has 0 aromatic rings. The first kappa shape index (κ1) is 108. The summed E-state index contributed by atoms with van der Waals surface area (Å²) >= 11 is 0. The number of carbonyl (C=O) groups is 4. The van der Waals surface area contributed by atoms with Crippen molar-refractivity contribution < 1.29 is 80.2 Å². The highest BCUT2D eigenvalue weighted by atomic mass is 31.2. The summed E-state index contributed by atoms with van der Waals surface area (Å²) in [5, 5.41) is 10.7. The molecule has 3 N–H and O–H groups in total. The molecule has 0 radical (unpaired) electrons. The number of unbranched alkanes of at least 4 members (excludes halogenated alkanes) is 63. The van der Waals surface area contributed by atoms with Crippen LogP contribution in [0.25, 0.3) is 0 Å². The van der Waals surface area contributed by atoms with Gasteiger partial charge in [0, 0.05) is 25.7 Å². The minimum absolute atomic E-state index is 0.109. The molecule has 0 aliphatic carbocycles. The number of rotatable bonds is 91. The molecular formula is C91H178O17P2. The zero-order chi connectivity index (χ0) is 80.4. The Morgan fingerprint density at radius 1 is 0.245 bits per heavy atom. The van der Waals surface area contributed by atoms with Gasteiger partial charge in [-0.2, -0.15) is 0 Å². The summed E-state index contributed by atoms with van der Waals surface area (Å²) in [5.74, 6) is -1.27. The van der Waals surface area contributed by atoms with Crippen molar-refractivity contribution in [3.8, 4) is 0 Å². The van der Waals surface area contributed by atoms with Crippen molar-refractivity contribution >= 4 is 39.5 Å². The predicted molar refractivity (Wildman–Crippen MR) is 455 cm³/mol. The highest BCUT2D eigenvalue weighted by Crippen LogP contribution is 2.45. The highest BCUT2D eigenvalue weighted by Gasteiger charge is 2.31. The second-order valence-electron chi connectivity index (χ2n) is 33.2. The molecule has 0 heterocycles. The van der Waals surface area contributed by atoms with Crippen molar-refractivity contribution in [2.24, 2.45) is 5.92 Å². The Balaban J connectivity index is 5.25. The summed E-state index contributed by atoms with van der Waals surface area (Å²) in [6, 6.07) is 0. The number of aliphatic hydroxyl groups excluding tert-OH is 1. The predicted octanol–water partition coefficient (Wildman–Crippen LogP) is 28.3. The topological polar surface area (TPSA) is 237 Å². The Morgan fingerprint density at radius 3 is 0.618 bits per heavy atom. The minimum atomic E-state index is -4.97. The number of hydrogen-bond donors (Lipinski definition) is 3. The fourth-order valence-electron chi connectivity index (χ4n) is 14.4. The molecule has 5 atom stereocenters. The molecule has 0 aliphatic rings. The van der Waals surface area contributed by atoms with Crippen LogP contribution in [0.5, 0.6) is 0 Å². The number of phosphoric acid groups is 2. The molecule has 110 heavy (non-hydrogen) atoms. The van der Waals surface area contributed by atoms with Crippen LogP contribution in [-0.4, -0.2) is 96.7 Å². The maximum atomic E-state index is 13.2. The number of esters is 4. The van der Waals surface area contributed by atoms with E-state index in [1.807, 2.05) is 0 Å². The van der Waals surface area contributed by atoms with Crippen LogP contribution in [0.15, 0.2) is 0 Å². The Kier molecular flexibility index (Phi) is 82.1. The van der Waals surface area contributed by atoms with Crippen LogP contribution in [-0.2, 0) is 65.4 Å². The first-order valence-corrected chi connectivity index (χ1v) is 50.1. The maximum Gasteiger partial charge on any atom is 0.472 e. The van der Waals surface area contributed by atoms with Crippen LogP contribution in [0, 0.1) is 5.92 Å². The van der Waals surface area contributed by atoms with Gasteiger partial charge >= 0.3 is 39.5 Å². The molecule has 0 aromatic carbocycles. The van der Waals surface area contributed by atoms with Gasteiger partial charge in [-0.15, -0.1) is 0 Å². The van der Waals surface area contributed by atoms with Gasteiger partial charge in [0.25, 0.3) is 0 Å². The lowest BCUT2D eigenvalue weighted by Gasteiger charge is -2.21. The number of carbonyl (C=O) groups excluding carboxylic acids is 4. The van der Waals surface area contributed by atoms with E-state index in [0.29, 0.717) is 25.7 Å². The van der Waals surface area contributed by atoms with Crippen LogP contribution in [0.2, 0.25) is 0 Å². The fraction of sp³-hybridized carbons (Fsp3) is 0.956. The third-order valence-corrected chi connectivity index (χ3v) is 23.4. The van der Waals surface area contributed by atoms with Crippen molar-refractivity contribution in [1.29, 1.82) is 0 Å². The average Bonchev–Trinajstić information content (AvgIpc) is 0.885. The van der Waals surface area contributed by atoms with Gasteiger partial charge in [0.1, 0.15) is 19.3 Å². The number of aliphatic hydroxyl groups is 1. The molecule has 19 heteroatoms. The molecule has 0 amide bonds. The van der Waals surface area contributed by atoms with Gasteiger partial charge in [-0.25, -0.2) is 9.13 Å². The standard InChI is InChI=1S/C91H178O17P2/c1-6-9-12-15-18-21-24-27-29-31-32-37-40-45-50-55-60-65-70-75-89(94)102-81-87(108-91(96)77-72-67-62-57-52-47-42-38-34-33-36-39-44-48-53-58-63-68-73-84(4)5)83-106-110(99,100)104-79-85(92)78-103-109(97,98)105-82-86(80-101-88(93)74-69-64-59-54-49-43-26-23-20-17-14-11-8-3)107-90(95)76-71-66-61-56-51-46-41-35-30-28-25-22-19-16-13-10-7-2/h84-87,92H,6-83H2,1-5H3,(H,97,98)(H,99,100)/t85-,86+,87+/m0/s1. The lowest BCUT2D eigenvalue weighted by molar-refractivity contribution is -0.161. The van der Waals surface area contributed by atoms with Crippen molar-refractivity contribution in [3.05, 3.63) is 0 Å². The van der Waals surface area contributed by atoms with E-state index >= 15 is 0 Å². The highest BCUT2D eigenvalue weighted by molar-refractivity contribution is 7.47. The third-order valence-electron chi connectivity index (χ3n) is 21.5. The van der Waals surface area contributed by atoms with Crippen LogP contribution in [0.3, 0.4) is 0 Å². The van der Waals surface area contributed by atoms with Gasteiger partial charge < -0.3 is 33.8 Å². The van der Waals surface area contributed by atoms with Crippen molar-refractivity contribution in [3.63, 3.8) is 0 Å². The van der Waals surface area contributed by atoms with E-state index in [2.05, 4.69) is 34.6 Å². The average molecular weight is 1610 g/mol. The molecule has 17 nitrogen and oxygen atoms in total. The normalized spacial score (nSPS) is 13.7. The Bertz CT molecular complexity index is 2080. The van der Waals surface area contributed by atoms with E-state index in [9.17, 15) is 43.2 Å². The Labute approximate surface area is 677 Å². The van der Waals surface area contributed by atoms with E-state index in [-0.39, 0.29) is 25.7 Å². The second kappa shape index (κ2) is 83.5. The van der Waals surface area contributed by atoms with E-state index in [1.165, 1.54) is 321 Å². The first-order valence-electron chi connectivity index (χ1n) is 47.1. The van der Waals surface area contributed by atoms with Crippen molar-refractivity contribution in [2.45, 2.75) is 515 Å². The van der Waals surface area contributed by atoms with Gasteiger partial charge in [-0.1, -0.05) is 446 Å². The third kappa shape index (κ3) is 84.0. The smallest absolute Gasteiger partial charge is 0.462 e. The SMILES string of the molecule is CCCCCCCCCCCCCCCCCCCCCC(=O)OC[C@H](COP(=O)(O)OC[C@@H](O)COP(=O)(O)OC[C@@H](COC(=O)CCCCCCCCCCCCCCC)OC(=O)CCCCCCCCCCCCCCCCCCC)OC(=O)CCCCCCCCCCCCCCCCCCCCC(C)C. The molecule has 2 unspecified atom stereocenters. The summed E-state index contributed by atoms with van der Waals surface area (Å²) in [4.78, 5) is 73.4. The van der Waals surface area contributed by atoms with E-state index in [0.717, 1.165) is 95.8 Å². The molecule has 0 saturated carbocycles. The van der Waals surface area contributed by atoms with Gasteiger partial charge in [-0.3, -0.25) is 37.3 Å². The lowest BCUT2D eigenvalue weighted by atomic mass is 10.0. The van der Waals surface area contributed by atoms with Crippen molar-refractivity contribution in [1.82, 2.24) is 0 Å². The van der Waals surface area contributed by atoms with Crippen LogP contribution in [0.4, 0.5) is 0 Å². The zero-order valence-electron chi connectivity index (χ0n) is 72.4. The maximum absolute atomic E-state index is 13.2. The Hall–Kier alpha value is -1.94. The summed E-state index contributed by atoms with van der Waals surface area (Å²) in [6.07, 6.45) is 79.1. The molecule has 0 fully saturated rings. The van der Waals surface area contributed by atoms with Gasteiger partial charge in [0.05, 0.1) is 26.4 Å². The van der Waals surface area contributed by atoms with Gasteiger partial charge in [-0.05, 0) is 31.6 Å². The summed E-state index contributed by atoms with van der Waals surface area (Å²) < 4.78 is 69.1. The van der Waals surface area contributed by atoms with E-state index in [4.69, 9.17) is 37.0 Å². The lowest BCUT2D eigenvalue weighted by Crippen LogP contribution is -2.30. The second-order valence-corrected chi connectivity index (χ2v) is 36.1. The number of hydrogen-bond acceptors (Lipinski definition) is 15. The fourth-order valence-corrected chi connectivity index (χ4v) is 15.9. The molecule has 654 valence electrons. The minimum Gasteiger partial charge on any atom is -0.462 e. The van der Waals surface area contributed by atoms with E-state index in [1.54, 1.807) is 0 Å².